The van der Waals surface area contributed by atoms with Crippen LogP contribution in [-0.4, -0.2) is 0 Å². The van der Waals surface area contributed by atoms with Gasteiger partial charge < -0.3 is 5.73 Å². The fourth-order valence-corrected chi connectivity index (χ4v) is 2.84. The van der Waals surface area contributed by atoms with Gasteiger partial charge in [0.05, 0.1) is 0 Å². The zero-order chi connectivity index (χ0) is 13.8. The summed E-state index contributed by atoms with van der Waals surface area (Å²) in [5.74, 6) is 0.592. The molecule has 0 aliphatic rings. The molecule has 19 heavy (non-hydrogen) atoms. The molecule has 0 unspecified atom stereocenters. The molecule has 1 nitrogen and oxygen atoms in total. The number of halogens is 1. The molecule has 0 aliphatic heterocycles. The molecule has 2 rings (SSSR count). The van der Waals surface area contributed by atoms with Crippen LogP contribution in [-0.2, 0) is 5.75 Å². The number of hydrogen-bond acceptors (Lipinski definition) is 2. The molecule has 0 aromatic heterocycles. The number of aryl methyl sites for hydroxylation is 1. The molecule has 0 saturated heterocycles. The van der Waals surface area contributed by atoms with Crippen LogP contribution < -0.4 is 5.73 Å². The first-order chi connectivity index (χ1) is 9.08. The highest BCUT2D eigenvalue weighted by atomic mass is 32.2. The average molecular weight is 275 g/mol. The monoisotopic (exact) mass is 275 g/mol. The molecule has 0 heterocycles. The van der Waals surface area contributed by atoms with E-state index in [9.17, 15) is 4.39 Å². The Balaban J connectivity index is 2.10. The maximum absolute atomic E-state index is 13.9. The van der Waals surface area contributed by atoms with E-state index in [0.717, 1.165) is 11.3 Å². The second-order valence-electron chi connectivity index (χ2n) is 4.69. The van der Waals surface area contributed by atoms with E-state index in [1.807, 2.05) is 31.2 Å². The van der Waals surface area contributed by atoms with Crippen LogP contribution in [0.2, 0.25) is 0 Å². The van der Waals surface area contributed by atoms with E-state index in [-0.39, 0.29) is 11.9 Å². The first-order valence-electron chi connectivity index (χ1n) is 6.30. The summed E-state index contributed by atoms with van der Waals surface area (Å²) >= 11 is 1.52. The molecule has 2 aromatic rings. The van der Waals surface area contributed by atoms with Crippen molar-refractivity contribution in [2.75, 3.05) is 0 Å². The number of hydrogen-bond donors (Lipinski definition) is 1. The third-order valence-electron chi connectivity index (χ3n) is 3.13. The van der Waals surface area contributed by atoms with Gasteiger partial charge >= 0.3 is 0 Å². The summed E-state index contributed by atoms with van der Waals surface area (Å²) in [4.78, 5) is 0.674. The first-order valence-corrected chi connectivity index (χ1v) is 7.29. The van der Waals surface area contributed by atoms with Crippen LogP contribution in [0, 0.1) is 12.7 Å². The quantitative estimate of drug-likeness (QED) is 0.834. The molecule has 100 valence electrons. The SMILES string of the molecule is Cc1ccccc1CSc1ccc([C@H](C)N)cc1F. The molecule has 0 saturated carbocycles. The first kappa shape index (κ1) is 14.1. The van der Waals surface area contributed by atoms with Gasteiger partial charge in [-0.15, -0.1) is 11.8 Å². The van der Waals surface area contributed by atoms with Crippen molar-refractivity contribution in [2.45, 2.75) is 30.5 Å². The van der Waals surface area contributed by atoms with E-state index in [2.05, 4.69) is 19.1 Å². The highest BCUT2D eigenvalue weighted by Gasteiger charge is 2.07. The third kappa shape index (κ3) is 3.58. The van der Waals surface area contributed by atoms with Crippen LogP contribution in [0.1, 0.15) is 29.7 Å². The molecular weight excluding hydrogens is 257 g/mol. The summed E-state index contributed by atoms with van der Waals surface area (Å²) in [5.41, 5.74) is 9.05. The zero-order valence-electron chi connectivity index (χ0n) is 11.2. The number of thioether (sulfide) groups is 1. The van der Waals surface area contributed by atoms with Gasteiger partial charge in [0.1, 0.15) is 5.82 Å². The fraction of sp³-hybridized carbons (Fsp3) is 0.250. The Morgan fingerprint density at radius 3 is 2.58 bits per heavy atom. The van der Waals surface area contributed by atoms with Crippen molar-refractivity contribution in [1.82, 2.24) is 0 Å². The average Bonchev–Trinajstić information content (AvgIpc) is 2.39. The van der Waals surface area contributed by atoms with Gasteiger partial charge in [0, 0.05) is 16.7 Å². The van der Waals surface area contributed by atoms with Crippen molar-refractivity contribution >= 4 is 11.8 Å². The summed E-state index contributed by atoms with van der Waals surface area (Å²) in [6, 6.07) is 13.3. The molecule has 0 spiro atoms. The van der Waals surface area contributed by atoms with E-state index < -0.39 is 0 Å². The second kappa shape index (κ2) is 6.22. The number of benzene rings is 2. The minimum absolute atomic E-state index is 0.134. The van der Waals surface area contributed by atoms with Crippen LogP contribution >= 0.6 is 11.8 Å². The fourth-order valence-electron chi connectivity index (χ4n) is 1.84. The summed E-state index contributed by atoms with van der Waals surface area (Å²) in [7, 11) is 0. The van der Waals surface area contributed by atoms with Crippen LogP contribution in [0.25, 0.3) is 0 Å². The van der Waals surface area contributed by atoms with Gasteiger partial charge in [-0.25, -0.2) is 4.39 Å². The Hall–Kier alpha value is -1.32. The lowest BCUT2D eigenvalue weighted by Crippen LogP contribution is -2.05. The summed E-state index contributed by atoms with van der Waals surface area (Å²) in [5, 5.41) is 0. The number of rotatable bonds is 4. The molecule has 0 radical (unpaired) electrons. The van der Waals surface area contributed by atoms with Crippen molar-refractivity contribution in [3.63, 3.8) is 0 Å². The van der Waals surface area contributed by atoms with Crippen molar-refractivity contribution in [3.8, 4) is 0 Å². The topological polar surface area (TPSA) is 26.0 Å². The second-order valence-corrected chi connectivity index (χ2v) is 5.71. The Labute approximate surface area is 118 Å². The normalized spacial score (nSPS) is 12.4. The standard InChI is InChI=1S/C16H18FNS/c1-11-5-3-4-6-14(11)10-19-16-8-7-13(12(2)18)9-15(16)17/h3-9,12H,10,18H2,1-2H3/t12-/m0/s1. The van der Waals surface area contributed by atoms with Gasteiger partial charge in [-0.2, -0.15) is 0 Å². The van der Waals surface area contributed by atoms with Crippen molar-refractivity contribution in [1.29, 1.82) is 0 Å². The van der Waals surface area contributed by atoms with E-state index in [1.54, 1.807) is 0 Å². The maximum atomic E-state index is 13.9. The van der Waals surface area contributed by atoms with Gasteiger partial charge in [0.2, 0.25) is 0 Å². The Morgan fingerprint density at radius 2 is 1.95 bits per heavy atom. The lowest BCUT2D eigenvalue weighted by atomic mass is 10.1. The summed E-state index contributed by atoms with van der Waals surface area (Å²) in [6.45, 7) is 3.93. The molecular formula is C16H18FNS. The molecule has 2 N–H and O–H groups in total. The Morgan fingerprint density at radius 1 is 1.21 bits per heavy atom. The van der Waals surface area contributed by atoms with Crippen molar-refractivity contribution in [3.05, 3.63) is 65.0 Å². The highest BCUT2D eigenvalue weighted by Crippen LogP contribution is 2.28. The molecule has 0 bridgehead atoms. The van der Waals surface area contributed by atoms with Crippen molar-refractivity contribution in [2.24, 2.45) is 5.73 Å². The minimum Gasteiger partial charge on any atom is -0.324 e. The van der Waals surface area contributed by atoms with Gasteiger partial charge in [0.25, 0.3) is 0 Å². The summed E-state index contributed by atoms with van der Waals surface area (Å²) in [6.07, 6.45) is 0. The molecule has 0 amide bonds. The predicted octanol–water partition coefficient (Wildman–Crippen LogP) is 4.45. The van der Waals surface area contributed by atoms with E-state index in [4.69, 9.17) is 5.73 Å². The zero-order valence-corrected chi connectivity index (χ0v) is 12.0. The smallest absolute Gasteiger partial charge is 0.137 e. The van der Waals surface area contributed by atoms with E-state index >= 15 is 0 Å². The van der Waals surface area contributed by atoms with Crippen molar-refractivity contribution < 1.29 is 4.39 Å². The van der Waals surface area contributed by atoms with Gasteiger partial charge in [0.15, 0.2) is 0 Å². The predicted molar refractivity (Wildman–Crippen MR) is 79.7 cm³/mol. The number of nitrogens with two attached hydrogens (primary N) is 1. The highest BCUT2D eigenvalue weighted by molar-refractivity contribution is 7.98. The van der Waals surface area contributed by atoms with Crippen LogP contribution in [0.5, 0.6) is 0 Å². The largest absolute Gasteiger partial charge is 0.324 e. The lowest BCUT2D eigenvalue weighted by Gasteiger charge is -2.09. The Bertz CT molecular complexity index is 566. The minimum atomic E-state index is -0.187. The third-order valence-corrected chi connectivity index (χ3v) is 4.22. The van der Waals surface area contributed by atoms with Crippen LogP contribution in [0.4, 0.5) is 4.39 Å². The summed E-state index contributed by atoms with van der Waals surface area (Å²) < 4.78 is 13.9. The van der Waals surface area contributed by atoms with E-state index in [1.165, 1.54) is 29.0 Å². The van der Waals surface area contributed by atoms with Crippen LogP contribution in [0.15, 0.2) is 47.4 Å². The van der Waals surface area contributed by atoms with Gasteiger partial charge in [-0.3, -0.25) is 0 Å². The van der Waals surface area contributed by atoms with E-state index in [0.29, 0.717) is 4.90 Å². The molecule has 3 heteroatoms. The molecule has 0 fully saturated rings. The molecule has 1 atom stereocenters. The molecule has 0 aliphatic carbocycles. The van der Waals surface area contributed by atoms with Gasteiger partial charge in [-0.05, 0) is 42.7 Å². The maximum Gasteiger partial charge on any atom is 0.137 e. The van der Waals surface area contributed by atoms with Crippen LogP contribution in [0.3, 0.4) is 0 Å². The Kier molecular flexibility index (Phi) is 4.61. The lowest BCUT2D eigenvalue weighted by molar-refractivity contribution is 0.596. The van der Waals surface area contributed by atoms with Gasteiger partial charge in [-0.1, -0.05) is 30.3 Å². The molecule has 2 aromatic carbocycles.